The molecule has 2 unspecified atom stereocenters. The van der Waals surface area contributed by atoms with Gasteiger partial charge in [0.05, 0.1) is 20.3 Å². The van der Waals surface area contributed by atoms with E-state index in [9.17, 15) is 9.90 Å². The van der Waals surface area contributed by atoms with Crippen LogP contribution >= 0.6 is 15.9 Å². The van der Waals surface area contributed by atoms with Gasteiger partial charge in [-0.25, -0.2) is 0 Å². The number of carboxylic acids is 1. The zero-order valence-corrected chi connectivity index (χ0v) is 17.1. The lowest BCUT2D eigenvalue weighted by atomic mass is 9.91. The Bertz CT molecular complexity index is 811. The largest absolute Gasteiger partial charge is 0.497 e. The fraction of sp³-hybridized carbons (Fsp3) is 0.381. The third-order valence-corrected chi connectivity index (χ3v) is 5.55. The third-order valence-electron chi connectivity index (χ3n) is 5.06. The molecule has 0 aliphatic carbocycles. The zero-order valence-electron chi connectivity index (χ0n) is 15.5. The molecule has 0 amide bonds. The van der Waals surface area contributed by atoms with E-state index in [2.05, 4.69) is 20.8 Å². The highest BCUT2D eigenvalue weighted by atomic mass is 79.9. The van der Waals surface area contributed by atoms with E-state index >= 15 is 0 Å². The average molecular weight is 434 g/mol. The molecule has 1 heterocycles. The number of carbonyl (C=O) groups is 1. The Hall–Kier alpha value is -2.05. The Balaban J connectivity index is 2.15. The van der Waals surface area contributed by atoms with Crippen molar-refractivity contribution in [2.45, 2.75) is 31.3 Å². The van der Waals surface area contributed by atoms with E-state index < -0.39 is 12.0 Å². The Morgan fingerprint density at radius 2 is 2.00 bits per heavy atom. The molecule has 1 N–H and O–H groups in total. The topological polar surface area (TPSA) is 59.0 Å². The van der Waals surface area contributed by atoms with Crippen LogP contribution in [-0.2, 0) is 4.79 Å². The monoisotopic (exact) mass is 433 g/mol. The van der Waals surface area contributed by atoms with Crippen molar-refractivity contribution in [2.75, 3.05) is 20.8 Å². The molecular weight excluding hydrogens is 410 g/mol. The number of aliphatic carboxylic acids is 1. The van der Waals surface area contributed by atoms with E-state index in [1.165, 1.54) is 0 Å². The molecule has 5 nitrogen and oxygen atoms in total. The van der Waals surface area contributed by atoms with Crippen molar-refractivity contribution in [1.82, 2.24) is 4.90 Å². The van der Waals surface area contributed by atoms with Crippen LogP contribution in [-0.4, -0.2) is 42.8 Å². The molecule has 2 aromatic carbocycles. The molecule has 3 rings (SSSR count). The molecule has 0 spiro atoms. The molecule has 2 atom stereocenters. The van der Waals surface area contributed by atoms with Gasteiger partial charge < -0.3 is 14.6 Å². The first kappa shape index (κ1) is 19.7. The maximum absolute atomic E-state index is 12.0. The van der Waals surface area contributed by atoms with Gasteiger partial charge in [0.2, 0.25) is 0 Å². The molecule has 27 heavy (non-hydrogen) atoms. The summed E-state index contributed by atoms with van der Waals surface area (Å²) in [5.41, 5.74) is 1.96. The van der Waals surface area contributed by atoms with Crippen LogP contribution in [0.2, 0.25) is 0 Å². The van der Waals surface area contributed by atoms with E-state index in [0.717, 1.165) is 35.0 Å². The zero-order chi connectivity index (χ0) is 19.4. The van der Waals surface area contributed by atoms with Gasteiger partial charge in [0.1, 0.15) is 17.5 Å². The highest BCUT2D eigenvalue weighted by Gasteiger charge is 2.36. The number of likely N-dealkylation sites (tertiary alicyclic amines) is 1. The van der Waals surface area contributed by atoms with Gasteiger partial charge in [-0.2, -0.15) is 0 Å². The molecule has 0 bridgehead atoms. The van der Waals surface area contributed by atoms with Gasteiger partial charge >= 0.3 is 5.97 Å². The lowest BCUT2D eigenvalue weighted by Gasteiger charge is -2.40. The summed E-state index contributed by atoms with van der Waals surface area (Å²) < 4.78 is 11.9. The lowest BCUT2D eigenvalue weighted by molar-refractivity contribution is -0.145. The van der Waals surface area contributed by atoms with E-state index in [0.29, 0.717) is 17.9 Å². The van der Waals surface area contributed by atoms with Crippen molar-refractivity contribution in [2.24, 2.45) is 0 Å². The SMILES string of the molecule is COc1ccc(C(c2cccc(Br)c2)N2CCCCC2C(=O)O)c(OC)c1. The number of nitrogens with zero attached hydrogens (tertiary/aromatic N) is 1. The number of methoxy groups -OCH3 is 2. The third kappa shape index (κ3) is 4.28. The predicted molar refractivity (Wildman–Crippen MR) is 108 cm³/mol. The molecular formula is C21H24BrNO4. The van der Waals surface area contributed by atoms with Crippen LogP contribution in [0.3, 0.4) is 0 Å². The molecule has 0 saturated carbocycles. The van der Waals surface area contributed by atoms with E-state index in [1.807, 2.05) is 42.5 Å². The average Bonchev–Trinajstić information content (AvgIpc) is 2.68. The molecule has 0 aromatic heterocycles. The summed E-state index contributed by atoms with van der Waals surface area (Å²) in [5.74, 6) is 0.619. The number of carboxylic acid groups (broad SMARTS) is 1. The highest BCUT2D eigenvalue weighted by molar-refractivity contribution is 9.10. The summed E-state index contributed by atoms with van der Waals surface area (Å²) in [7, 11) is 3.24. The summed E-state index contributed by atoms with van der Waals surface area (Å²) in [4.78, 5) is 14.0. The first-order valence-electron chi connectivity index (χ1n) is 9.01. The van der Waals surface area contributed by atoms with Gasteiger partial charge in [0, 0.05) is 16.1 Å². The summed E-state index contributed by atoms with van der Waals surface area (Å²) in [6, 6.07) is 13.0. The van der Waals surface area contributed by atoms with Crippen molar-refractivity contribution >= 4 is 21.9 Å². The van der Waals surface area contributed by atoms with Crippen molar-refractivity contribution in [3.8, 4) is 11.5 Å². The quantitative estimate of drug-likeness (QED) is 0.726. The van der Waals surface area contributed by atoms with Gasteiger partial charge in [-0.1, -0.05) is 34.5 Å². The van der Waals surface area contributed by atoms with Crippen LogP contribution in [0.5, 0.6) is 11.5 Å². The molecule has 144 valence electrons. The molecule has 6 heteroatoms. The summed E-state index contributed by atoms with van der Waals surface area (Å²) in [6.07, 6.45) is 2.56. The van der Waals surface area contributed by atoms with Crippen LogP contribution in [0, 0.1) is 0 Å². The minimum absolute atomic E-state index is 0.218. The minimum Gasteiger partial charge on any atom is -0.497 e. The number of ether oxygens (including phenoxy) is 2. The number of hydrogen-bond donors (Lipinski definition) is 1. The second-order valence-electron chi connectivity index (χ2n) is 6.65. The van der Waals surface area contributed by atoms with Crippen LogP contribution in [0.4, 0.5) is 0 Å². The Morgan fingerprint density at radius 3 is 2.67 bits per heavy atom. The first-order valence-corrected chi connectivity index (χ1v) is 9.80. The van der Waals surface area contributed by atoms with Crippen molar-refractivity contribution < 1.29 is 19.4 Å². The fourth-order valence-corrected chi connectivity index (χ4v) is 4.22. The molecule has 1 fully saturated rings. The number of piperidine rings is 1. The van der Waals surface area contributed by atoms with E-state index in [4.69, 9.17) is 9.47 Å². The summed E-state index contributed by atoms with van der Waals surface area (Å²) in [6.45, 7) is 0.726. The molecule has 1 aliphatic heterocycles. The summed E-state index contributed by atoms with van der Waals surface area (Å²) >= 11 is 3.54. The number of hydrogen-bond acceptors (Lipinski definition) is 4. The predicted octanol–water partition coefficient (Wildman–Crippen LogP) is 4.49. The van der Waals surface area contributed by atoms with E-state index in [1.54, 1.807) is 14.2 Å². The molecule has 1 aliphatic rings. The second-order valence-corrected chi connectivity index (χ2v) is 7.57. The van der Waals surface area contributed by atoms with Gasteiger partial charge in [-0.05, 0) is 49.2 Å². The Morgan fingerprint density at radius 1 is 1.19 bits per heavy atom. The Kier molecular flexibility index (Phi) is 6.39. The second kappa shape index (κ2) is 8.76. The van der Waals surface area contributed by atoms with Crippen LogP contribution in [0.1, 0.15) is 36.4 Å². The highest BCUT2D eigenvalue weighted by Crippen LogP contribution is 2.40. The standard InChI is InChI=1S/C21H24BrNO4/c1-26-16-9-10-17(19(13-16)27-2)20(14-6-5-7-15(22)12-14)23-11-4-3-8-18(23)21(24)25/h5-7,9-10,12-13,18,20H,3-4,8,11H2,1-2H3,(H,24,25). The maximum atomic E-state index is 12.0. The normalized spacial score (nSPS) is 18.7. The van der Waals surface area contributed by atoms with Gasteiger partial charge in [-0.3, -0.25) is 9.69 Å². The Labute approximate surface area is 168 Å². The van der Waals surface area contributed by atoms with Crippen LogP contribution in [0.25, 0.3) is 0 Å². The van der Waals surface area contributed by atoms with Gasteiger partial charge in [0.25, 0.3) is 0 Å². The van der Waals surface area contributed by atoms with E-state index in [-0.39, 0.29) is 6.04 Å². The summed E-state index contributed by atoms with van der Waals surface area (Å²) in [5, 5.41) is 9.81. The first-order chi connectivity index (χ1) is 13.0. The minimum atomic E-state index is -0.776. The molecule has 0 radical (unpaired) electrons. The lowest BCUT2D eigenvalue weighted by Crippen LogP contribution is -2.46. The van der Waals surface area contributed by atoms with Crippen molar-refractivity contribution in [3.05, 3.63) is 58.1 Å². The van der Waals surface area contributed by atoms with Crippen LogP contribution < -0.4 is 9.47 Å². The number of halogens is 1. The number of rotatable bonds is 6. The molecule has 1 saturated heterocycles. The smallest absolute Gasteiger partial charge is 0.320 e. The van der Waals surface area contributed by atoms with Crippen LogP contribution in [0.15, 0.2) is 46.9 Å². The van der Waals surface area contributed by atoms with Gasteiger partial charge in [0.15, 0.2) is 0 Å². The number of benzene rings is 2. The van der Waals surface area contributed by atoms with Crippen molar-refractivity contribution in [1.29, 1.82) is 0 Å². The fourth-order valence-electron chi connectivity index (χ4n) is 3.80. The van der Waals surface area contributed by atoms with Gasteiger partial charge in [-0.15, -0.1) is 0 Å². The molecule has 2 aromatic rings. The maximum Gasteiger partial charge on any atom is 0.320 e. The van der Waals surface area contributed by atoms with Crippen molar-refractivity contribution in [3.63, 3.8) is 0 Å².